The van der Waals surface area contributed by atoms with Gasteiger partial charge in [-0.3, -0.25) is 4.79 Å². The summed E-state index contributed by atoms with van der Waals surface area (Å²) in [5.41, 5.74) is 5.57. The molecule has 1 unspecified atom stereocenters. The van der Waals surface area contributed by atoms with E-state index >= 15 is 0 Å². The first kappa shape index (κ1) is 20.1. The van der Waals surface area contributed by atoms with Crippen molar-refractivity contribution in [3.8, 4) is 0 Å². The summed E-state index contributed by atoms with van der Waals surface area (Å²) in [4.78, 5) is 29.2. The molecule has 0 aliphatic heterocycles. The lowest BCUT2D eigenvalue weighted by Gasteiger charge is -2.20. The maximum absolute atomic E-state index is 12.6. The molecule has 0 spiro atoms. The van der Waals surface area contributed by atoms with E-state index in [1.807, 2.05) is 6.92 Å². The van der Waals surface area contributed by atoms with Crippen molar-refractivity contribution in [2.24, 2.45) is 0 Å². The van der Waals surface area contributed by atoms with E-state index < -0.39 is 5.97 Å². The molecular formula is C23H25N3O4. The molecule has 7 nitrogen and oxygen atoms in total. The molecule has 1 aliphatic rings. The SMILES string of the molecule is Cc1cc(C(=O)OCC(=O)NC(C)c2ccc3c(c2)CCCC3)c2c(C)noc2n1. The first-order valence-electron chi connectivity index (χ1n) is 10.2. The van der Waals surface area contributed by atoms with Crippen molar-refractivity contribution in [1.29, 1.82) is 0 Å². The van der Waals surface area contributed by atoms with Gasteiger partial charge in [0.05, 0.1) is 22.7 Å². The van der Waals surface area contributed by atoms with Gasteiger partial charge in [-0.05, 0) is 69.2 Å². The molecule has 0 saturated heterocycles. The summed E-state index contributed by atoms with van der Waals surface area (Å²) in [7, 11) is 0. The van der Waals surface area contributed by atoms with Crippen molar-refractivity contribution in [3.63, 3.8) is 0 Å². The molecule has 2 aromatic heterocycles. The standard InChI is InChI=1S/C23H25N3O4/c1-13-10-19(21-15(3)26-30-22(21)24-13)23(28)29-12-20(27)25-14(2)17-9-8-16-6-4-5-7-18(16)11-17/h8-11,14H,4-7,12H2,1-3H3,(H,25,27). The molecule has 0 saturated carbocycles. The predicted octanol–water partition coefficient (Wildman–Crippen LogP) is 3.75. The molecule has 0 fully saturated rings. The fourth-order valence-corrected chi connectivity index (χ4v) is 3.98. The Morgan fingerprint density at radius 1 is 1.17 bits per heavy atom. The van der Waals surface area contributed by atoms with E-state index in [9.17, 15) is 9.59 Å². The summed E-state index contributed by atoms with van der Waals surface area (Å²) in [5.74, 6) is -0.953. The van der Waals surface area contributed by atoms with E-state index in [4.69, 9.17) is 9.26 Å². The maximum Gasteiger partial charge on any atom is 0.339 e. The van der Waals surface area contributed by atoms with Crippen LogP contribution in [0.4, 0.5) is 0 Å². The molecule has 0 bridgehead atoms. The van der Waals surface area contributed by atoms with Crippen molar-refractivity contribution in [2.45, 2.75) is 52.5 Å². The third-order valence-electron chi connectivity index (χ3n) is 5.55. The van der Waals surface area contributed by atoms with Crippen LogP contribution in [0.2, 0.25) is 0 Å². The highest BCUT2D eigenvalue weighted by molar-refractivity contribution is 6.03. The second-order valence-corrected chi connectivity index (χ2v) is 7.86. The number of rotatable bonds is 5. The van der Waals surface area contributed by atoms with Crippen LogP contribution in [0, 0.1) is 13.8 Å². The van der Waals surface area contributed by atoms with Crippen molar-refractivity contribution < 1.29 is 18.8 Å². The summed E-state index contributed by atoms with van der Waals surface area (Å²) in [5, 5.41) is 7.27. The first-order chi connectivity index (χ1) is 14.4. The third kappa shape index (κ3) is 4.06. The molecule has 1 amide bonds. The molecular weight excluding hydrogens is 382 g/mol. The number of benzene rings is 1. The van der Waals surface area contributed by atoms with Gasteiger partial charge < -0.3 is 14.6 Å². The highest BCUT2D eigenvalue weighted by Gasteiger charge is 2.20. The van der Waals surface area contributed by atoms with Crippen LogP contribution in [0.15, 0.2) is 28.8 Å². The average Bonchev–Trinajstić information content (AvgIpc) is 3.11. The number of carbonyl (C=O) groups excluding carboxylic acids is 2. The predicted molar refractivity (Wildman–Crippen MR) is 111 cm³/mol. The van der Waals surface area contributed by atoms with Gasteiger partial charge >= 0.3 is 5.97 Å². The summed E-state index contributed by atoms with van der Waals surface area (Å²) < 4.78 is 10.4. The highest BCUT2D eigenvalue weighted by Crippen LogP contribution is 2.25. The Bertz CT molecular complexity index is 1120. The van der Waals surface area contributed by atoms with Crippen LogP contribution in [-0.2, 0) is 22.4 Å². The van der Waals surface area contributed by atoms with Gasteiger partial charge in [-0.1, -0.05) is 23.4 Å². The number of ether oxygens (including phenoxy) is 1. The molecule has 1 atom stereocenters. The number of amides is 1. The van der Waals surface area contributed by atoms with Crippen LogP contribution in [-0.4, -0.2) is 28.6 Å². The van der Waals surface area contributed by atoms with Gasteiger partial charge in [0.2, 0.25) is 0 Å². The van der Waals surface area contributed by atoms with Crippen LogP contribution >= 0.6 is 0 Å². The topological polar surface area (TPSA) is 94.3 Å². The number of nitrogens with one attached hydrogen (secondary N) is 1. The summed E-state index contributed by atoms with van der Waals surface area (Å²) in [6.45, 7) is 5.05. The van der Waals surface area contributed by atoms with E-state index in [1.54, 1.807) is 19.9 Å². The number of carbonyl (C=O) groups is 2. The molecule has 1 aromatic carbocycles. The Morgan fingerprint density at radius 3 is 2.73 bits per heavy atom. The third-order valence-corrected chi connectivity index (χ3v) is 5.55. The second-order valence-electron chi connectivity index (χ2n) is 7.86. The van der Waals surface area contributed by atoms with Crippen molar-refractivity contribution in [2.75, 3.05) is 6.61 Å². The summed E-state index contributed by atoms with van der Waals surface area (Å²) in [6.07, 6.45) is 4.66. The highest BCUT2D eigenvalue weighted by atomic mass is 16.5. The monoisotopic (exact) mass is 407 g/mol. The quantitative estimate of drug-likeness (QED) is 0.647. The van der Waals surface area contributed by atoms with E-state index in [0.717, 1.165) is 18.4 Å². The van der Waals surface area contributed by atoms with Crippen molar-refractivity contribution >= 4 is 23.0 Å². The Kier molecular flexibility index (Phi) is 5.53. The maximum atomic E-state index is 12.6. The van der Waals surface area contributed by atoms with E-state index in [-0.39, 0.29) is 24.3 Å². The van der Waals surface area contributed by atoms with E-state index in [1.165, 1.54) is 24.0 Å². The molecule has 1 N–H and O–H groups in total. The molecule has 4 rings (SSSR count). The van der Waals surface area contributed by atoms with Crippen LogP contribution in [0.3, 0.4) is 0 Å². The zero-order chi connectivity index (χ0) is 21.3. The smallest absolute Gasteiger partial charge is 0.339 e. The molecule has 2 heterocycles. The Labute approximate surface area is 174 Å². The van der Waals surface area contributed by atoms with Gasteiger partial charge in [0.15, 0.2) is 6.61 Å². The zero-order valence-electron chi connectivity index (χ0n) is 17.4. The number of pyridine rings is 1. The number of esters is 1. The lowest BCUT2D eigenvalue weighted by molar-refractivity contribution is -0.124. The normalized spacial score (nSPS) is 14.2. The van der Waals surface area contributed by atoms with Crippen LogP contribution < -0.4 is 5.32 Å². The Morgan fingerprint density at radius 2 is 1.93 bits per heavy atom. The minimum absolute atomic E-state index is 0.168. The van der Waals surface area contributed by atoms with Gasteiger partial charge in [0.1, 0.15) is 0 Å². The summed E-state index contributed by atoms with van der Waals surface area (Å²) in [6, 6.07) is 7.84. The Hall–Kier alpha value is -3.22. The van der Waals surface area contributed by atoms with Gasteiger partial charge in [-0.2, -0.15) is 0 Å². The molecule has 7 heteroatoms. The number of aromatic nitrogens is 2. The molecule has 30 heavy (non-hydrogen) atoms. The first-order valence-corrected chi connectivity index (χ1v) is 10.2. The average molecular weight is 407 g/mol. The number of fused-ring (bicyclic) bond motifs is 2. The van der Waals surface area contributed by atoms with Gasteiger partial charge in [-0.25, -0.2) is 9.78 Å². The van der Waals surface area contributed by atoms with E-state index in [2.05, 4.69) is 33.7 Å². The molecule has 156 valence electrons. The number of hydrogen-bond donors (Lipinski definition) is 1. The van der Waals surface area contributed by atoms with Gasteiger partial charge in [0, 0.05) is 5.69 Å². The fourth-order valence-electron chi connectivity index (χ4n) is 3.98. The van der Waals surface area contributed by atoms with E-state index in [0.29, 0.717) is 22.3 Å². The number of nitrogens with zero attached hydrogens (tertiary/aromatic N) is 2. The van der Waals surface area contributed by atoms with Gasteiger partial charge in [-0.15, -0.1) is 0 Å². The zero-order valence-corrected chi connectivity index (χ0v) is 17.4. The minimum atomic E-state index is -0.603. The van der Waals surface area contributed by atoms with Crippen molar-refractivity contribution in [3.05, 3.63) is 57.9 Å². The molecule has 0 radical (unpaired) electrons. The second kappa shape index (κ2) is 8.26. The molecule has 3 aromatic rings. The lowest BCUT2D eigenvalue weighted by Crippen LogP contribution is -2.31. The minimum Gasteiger partial charge on any atom is -0.452 e. The van der Waals surface area contributed by atoms with Crippen LogP contribution in [0.5, 0.6) is 0 Å². The van der Waals surface area contributed by atoms with Gasteiger partial charge in [0.25, 0.3) is 11.6 Å². The largest absolute Gasteiger partial charge is 0.452 e. The number of aryl methyl sites for hydroxylation is 4. The van der Waals surface area contributed by atoms with Crippen molar-refractivity contribution in [1.82, 2.24) is 15.5 Å². The lowest BCUT2D eigenvalue weighted by atomic mass is 9.89. The Balaban J connectivity index is 1.39. The molecule has 1 aliphatic carbocycles. The number of hydrogen-bond acceptors (Lipinski definition) is 6. The fraction of sp³-hybridized carbons (Fsp3) is 0.391. The van der Waals surface area contributed by atoms with Crippen LogP contribution in [0.1, 0.15) is 64.2 Å². The summed E-state index contributed by atoms with van der Waals surface area (Å²) >= 11 is 0. The van der Waals surface area contributed by atoms with Crippen LogP contribution in [0.25, 0.3) is 11.1 Å².